The van der Waals surface area contributed by atoms with Crippen LogP contribution in [0.15, 0.2) is 47.4 Å². The largest absolute Gasteiger partial charge is 0.487 e. The summed E-state index contributed by atoms with van der Waals surface area (Å²) in [6.07, 6.45) is -4.86. The molecule has 0 spiro atoms. The van der Waals surface area contributed by atoms with Crippen LogP contribution in [0.5, 0.6) is 5.75 Å². The Balaban J connectivity index is 1.95. The van der Waals surface area contributed by atoms with Crippen molar-refractivity contribution in [1.82, 2.24) is 0 Å². The summed E-state index contributed by atoms with van der Waals surface area (Å²) in [7, 11) is -4.18. The second-order valence-electron chi connectivity index (χ2n) is 6.37. The average molecular weight is 414 g/mol. The molecule has 0 bridgehead atoms. The molecule has 0 saturated heterocycles. The van der Waals surface area contributed by atoms with Crippen LogP contribution in [-0.4, -0.2) is 27.0 Å². The van der Waals surface area contributed by atoms with E-state index in [2.05, 4.69) is 4.72 Å². The minimum absolute atomic E-state index is 0.201. The van der Waals surface area contributed by atoms with Gasteiger partial charge in [-0.25, -0.2) is 8.42 Å². The number of amides is 1. The van der Waals surface area contributed by atoms with Crippen molar-refractivity contribution in [2.24, 2.45) is 0 Å². The van der Waals surface area contributed by atoms with Crippen molar-refractivity contribution in [1.29, 1.82) is 0 Å². The number of sulfonamides is 1. The van der Waals surface area contributed by atoms with Crippen LogP contribution < -0.4 is 14.4 Å². The first-order chi connectivity index (χ1) is 13.0. The molecule has 0 saturated carbocycles. The molecule has 1 aliphatic heterocycles. The zero-order valence-electron chi connectivity index (χ0n) is 14.9. The van der Waals surface area contributed by atoms with Crippen LogP contribution in [0.25, 0.3) is 0 Å². The highest BCUT2D eigenvalue weighted by molar-refractivity contribution is 7.92. The number of anilines is 2. The predicted molar refractivity (Wildman–Crippen MR) is 96.8 cm³/mol. The van der Waals surface area contributed by atoms with Gasteiger partial charge in [0.15, 0.2) is 0 Å². The van der Waals surface area contributed by atoms with Gasteiger partial charge in [-0.15, -0.1) is 0 Å². The van der Waals surface area contributed by atoms with Crippen molar-refractivity contribution >= 4 is 27.3 Å². The van der Waals surface area contributed by atoms with Crippen molar-refractivity contribution in [3.05, 3.63) is 48.0 Å². The SMILES string of the molecule is CC(=O)N1C[C@H](C)Oc2ccc(S(=O)(=O)Nc3cccc(C(F)(F)F)c3)cc21. The molecule has 1 aliphatic rings. The Morgan fingerprint density at radius 2 is 1.93 bits per heavy atom. The summed E-state index contributed by atoms with van der Waals surface area (Å²) >= 11 is 0. The van der Waals surface area contributed by atoms with Gasteiger partial charge in [0.25, 0.3) is 10.0 Å². The highest BCUT2D eigenvalue weighted by Gasteiger charge is 2.31. The average Bonchev–Trinajstić information content (AvgIpc) is 2.59. The maximum Gasteiger partial charge on any atom is 0.416 e. The monoisotopic (exact) mass is 414 g/mol. The van der Waals surface area contributed by atoms with Crippen LogP contribution in [0, 0.1) is 0 Å². The van der Waals surface area contributed by atoms with Crippen molar-refractivity contribution in [3.63, 3.8) is 0 Å². The fourth-order valence-electron chi connectivity index (χ4n) is 2.86. The zero-order valence-corrected chi connectivity index (χ0v) is 15.8. The summed E-state index contributed by atoms with van der Waals surface area (Å²) in [6.45, 7) is 3.38. The number of alkyl halides is 3. The fourth-order valence-corrected chi connectivity index (χ4v) is 3.92. The maximum absolute atomic E-state index is 12.8. The van der Waals surface area contributed by atoms with Gasteiger partial charge in [0.2, 0.25) is 5.91 Å². The number of benzene rings is 2. The molecule has 6 nitrogen and oxygen atoms in total. The molecular formula is C18H17F3N2O4S. The molecule has 0 radical (unpaired) electrons. The Morgan fingerprint density at radius 1 is 1.21 bits per heavy atom. The van der Waals surface area contributed by atoms with E-state index in [0.29, 0.717) is 11.8 Å². The molecule has 1 N–H and O–H groups in total. The number of halogens is 3. The molecule has 2 aromatic rings. The van der Waals surface area contributed by atoms with Crippen LogP contribution in [0.1, 0.15) is 19.4 Å². The summed E-state index contributed by atoms with van der Waals surface area (Å²) < 4.78 is 71.6. The van der Waals surface area contributed by atoms with Gasteiger partial charge in [0, 0.05) is 12.6 Å². The van der Waals surface area contributed by atoms with Crippen LogP contribution in [0.4, 0.5) is 24.5 Å². The van der Waals surface area contributed by atoms with Crippen molar-refractivity contribution in [3.8, 4) is 5.75 Å². The Hall–Kier alpha value is -2.75. The van der Waals surface area contributed by atoms with E-state index < -0.39 is 21.8 Å². The fraction of sp³-hybridized carbons (Fsp3) is 0.278. The standard InChI is InChI=1S/C18H17F3N2O4S/c1-11-10-23(12(2)24)16-9-15(6-7-17(16)27-11)28(25,26)22-14-5-3-4-13(8-14)18(19,20)21/h3-9,11,22H,10H2,1-2H3/t11-/m0/s1. The van der Waals surface area contributed by atoms with Crippen LogP contribution >= 0.6 is 0 Å². The smallest absolute Gasteiger partial charge is 0.416 e. The molecule has 10 heteroatoms. The highest BCUT2D eigenvalue weighted by Crippen LogP contribution is 2.36. The third-order valence-electron chi connectivity index (χ3n) is 4.12. The van der Waals surface area contributed by atoms with Gasteiger partial charge in [-0.3, -0.25) is 9.52 Å². The number of carbonyl (C=O) groups is 1. The number of hydrogen-bond acceptors (Lipinski definition) is 4. The molecule has 0 unspecified atom stereocenters. The first kappa shape index (κ1) is 20.0. The second-order valence-corrected chi connectivity index (χ2v) is 8.05. The van der Waals surface area contributed by atoms with Crippen LogP contribution in [-0.2, 0) is 21.0 Å². The maximum atomic E-state index is 12.8. The first-order valence-electron chi connectivity index (χ1n) is 8.26. The molecular weight excluding hydrogens is 397 g/mol. The van der Waals surface area contributed by atoms with Crippen molar-refractivity contribution in [2.75, 3.05) is 16.2 Å². The van der Waals surface area contributed by atoms with Gasteiger partial charge in [-0.05, 0) is 43.3 Å². The molecule has 1 amide bonds. The molecule has 1 atom stereocenters. The molecule has 1 heterocycles. The summed E-state index contributed by atoms with van der Waals surface area (Å²) in [5.74, 6) is 0.0729. The molecule has 2 aromatic carbocycles. The van der Waals surface area contributed by atoms with Crippen molar-refractivity contribution < 1.29 is 31.1 Å². The lowest BCUT2D eigenvalue weighted by atomic mass is 10.2. The lowest BCUT2D eigenvalue weighted by Gasteiger charge is -2.33. The number of carbonyl (C=O) groups excluding carboxylic acids is 1. The van der Waals surface area contributed by atoms with E-state index in [1.165, 1.54) is 36.1 Å². The number of rotatable bonds is 3. The van der Waals surface area contributed by atoms with Crippen LogP contribution in [0.3, 0.4) is 0 Å². The molecule has 0 fully saturated rings. The van der Waals surface area contributed by atoms with E-state index in [4.69, 9.17) is 4.74 Å². The number of nitrogens with zero attached hydrogens (tertiary/aromatic N) is 1. The van der Waals surface area contributed by atoms with Gasteiger partial charge in [-0.1, -0.05) is 6.07 Å². The van der Waals surface area contributed by atoms with Crippen LogP contribution in [0.2, 0.25) is 0 Å². The zero-order chi connectivity index (χ0) is 20.7. The number of nitrogens with one attached hydrogen (secondary N) is 1. The van der Waals surface area contributed by atoms with Gasteiger partial charge in [0.1, 0.15) is 11.9 Å². The number of ether oxygens (including phenoxy) is 1. The summed E-state index contributed by atoms with van der Waals surface area (Å²) in [4.78, 5) is 13.1. The number of fused-ring (bicyclic) bond motifs is 1. The highest BCUT2D eigenvalue weighted by atomic mass is 32.2. The second kappa shape index (κ2) is 7.01. The molecule has 150 valence electrons. The Kier molecular flexibility index (Phi) is 5.00. The number of hydrogen-bond donors (Lipinski definition) is 1. The lowest BCUT2D eigenvalue weighted by molar-refractivity contribution is -0.137. The van der Waals surface area contributed by atoms with Gasteiger partial charge in [0.05, 0.1) is 22.7 Å². The van der Waals surface area contributed by atoms with E-state index in [1.807, 2.05) is 0 Å². The summed E-state index contributed by atoms with van der Waals surface area (Å²) in [6, 6.07) is 7.84. The van der Waals surface area contributed by atoms with E-state index in [0.717, 1.165) is 12.1 Å². The van der Waals surface area contributed by atoms with Crippen molar-refractivity contribution in [2.45, 2.75) is 31.0 Å². The lowest BCUT2D eigenvalue weighted by Crippen LogP contribution is -2.41. The van der Waals surface area contributed by atoms with E-state index in [9.17, 15) is 26.4 Å². The third-order valence-corrected chi connectivity index (χ3v) is 5.50. The normalized spacial score (nSPS) is 16.9. The third kappa shape index (κ3) is 4.06. The molecule has 0 aromatic heterocycles. The van der Waals surface area contributed by atoms with E-state index >= 15 is 0 Å². The molecule has 28 heavy (non-hydrogen) atoms. The quantitative estimate of drug-likeness (QED) is 0.832. The minimum atomic E-state index is -4.59. The van der Waals surface area contributed by atoms with Gasteiger partial charge < -0.3 is 9.64 Å². The molecule has 3 rings (SSSR count). The minimum Gasteiger partial charge on any atom is -0.487 e. The van der Waals surface area contributed by atoms with E-state index in [1.54, 1.807) is 6.92 Å². The van der Waals surface area contributed by atoms with Gasteiger partial charge in [-0.2, -0.15) is 13.2 Å². The molecule has 0 aliphatic carbocycles. The van der Waals surface area contributed by atoms with E-state index in [-0.39, 0.29) is 34.8 Å². The summed E-state index contributed by atoms with van der Waals surface area (Å²) in [5.41, 5.74) is -0.901. The predicted octanol–water partition coefficient (Wildman–Crippen LogP) is 3.64. The summed E-state index contributed by atoms with van der Waals surface area (Å²) in [5, 5.41) is 0. The first-order valence-corrected chi connectivity index (χ1v) is 9.74. The Morgan fingerprint density at radius 3 is 2.57 bits per heavy atom. The van der Waals surface area contributed by atoms with Gasteiger partial charge >= 0.3 is 6.18 Å². The topological polar surface area (TPSA) is 75.7 Å². The Bertz CT molecular complexity index is 1020. The Labute approximate surface area is 160 Å².